The zero-order valence-electron chi connectivity index (χ0n) is 29.8. The van der Waals surface area contributed by atoms with E-state index >= 15 is 0 Å². The van der Waals surface area contributed by atoms with Crippen molar-refractivity contribution in [1.29, 1.82) is 0 Å². The highest BCUT2D eigenvalue weighted by Crippen LogP contribution is 2.28. The molecule has 0 aliphatic rings. The molecule has 4 rings (SSSR count). The van der Waals surface area contributed by atoms with E-state index < -0.39 is 29.9 Å². The average molecular weight is 679 g/mol. The Balaban J connectivity index is 1.55. The van der Waals surface area contributed by atoms with E-state index in [9.17, 15) is 14.4 Å². The van der Waals surface area contributed by atoms with Gasteiger partial charge in [0, 0.05) is 19.5 Å². The fourth-order valence-corrected chi connectivity index (χ4v) is 5.62. The maximum absolute atomic E-state index is 14.1. The van der Waals surface area contributed by atoms with Gasteiger partial charge in [-0.15, -0.1) is 0 Å². The van der Waals surface area contributed by atoms with Crippen molar-refractivity contribution in [2.45, 2.75) is 59.6 Å². The van der Waals surface area contributed by atoms with Crippen LogP contribution in [0.4, 0.5) is 4.79 Å². The second kappa shape index (κ2) is 19.2. The molecule has 0 spiro atoms. The van der Waals surface area contributed by atoms with Crippen LogP contribution < -0.4 is 14.8 Å². The minimum Gasteiger partial charge on any atom is -0.493 e. The molecule has 8 nitrogen and oxygen atoms in total. The monoisotopic (exact) mass is 678 g/mol. The normalized spacial score (nSPS) is 12.2. The SMILES string of the molecule is COc1ccccc1OC(=O)C(CCC(C)C)CN(CC(C)C)C(=O)N[C@@H](Cc1ccc(-c2ccccc2)cc1)C(=O)OCc1ccccc1. The first kappa shape index (κ1) is 37.7. The summed E-state index contributed by atoms with van der Waals surface area (Å²) < 4.78 is 17.0. The van der Waals surface area contributed by atoms with Crippen LogP contribution in [0.25, 0.3) is 11.1 Å². The third-order valence-corrected chi connectivity index (χ3v) is 8.33. The van der Waals surface area contributed by atoms with Gasteiger partial charge in [-0.3, -0.25) is 4.79 Å². The number of nitrogens with one attached hydrogen (secondary N) is 1. The smallest absolute Gasteiger partial charge is 0.329 e. The molecule has 0 saturated heterocycles. The first-order valence-corrected chi connectivity index (χ1v) is 17.4. The lowest BCUT2D eigenvalue weighted by Crippen LogP contribution is -2.52. The number of methoxy groups -OCH3 is 1. The highest BCUT2D eigenvalue weighted by Gasteiger charge is 2.30. The minimum atomic E-state index is -0.960. The van der Waals surface area contributed by atoms with Crippen LogP contribution in [0.5, 0.6) is 11.5 Å². The molecule has 0 aromatic heterocycles. The largest absolute Gasteiger partial charge is 0.493 e. The van der Waals surface area contributed by atoms with Gasteiger partial charge in [0.1, 0.15) is 12.6 Å². The van der Waals surface area contributed by atoms with E-state index in [0.717, 1.165) is 28.7 Å². The molecule has 4 aromatic rings. The lowest BCUT2D eigenvalue weighted by atomic mass is 9.97. The summed E-state index contributed by atoms with van der Waals surface area (Å²) >= 11 is 0. The number of ether oxygens (including phenoxy) is 3. The molecule has 0 saturated carbocycles. The van der Waals surface area contributed by atoms with E-state index in [4.69, 9.17) is 14.2 Å². The molecule has 264 valence electrons. The molecule has 0 fully saturated rings. The number of para-hydroxylation sites is 2. The van der Waals surface area contributed by atoms with Gasteiger partial charge in [-0.25, -0.2) is 9.59 Å². The van der Waals surface area contributed by atoms with Crippen molar-refractivity contribution >= 4 is 18.0 Å². The summed E-state index contributed by atoms with van der Waals surface area (Å²) in [5, 5.41) is 2.97. The zero-order chi connectivity index (χ0) is 35.9. The van der Waals surface area contributed by atoms with Crippen LogP contribution in [0.2, 0.25) is 0 Å². The topological polar surface area (TPSA) is 94.2 Å². The average Bonchev–Trinajstić information content (AvgIpc) is 3.12. The van der Waals surface area contributed by atoms with Crippen LogP contribution in [0.1, 0.15) is 51.7 Å². The summed E-state index contributed by atoms with van der Waals surface area (Å²) in [4.78, 5) is 43.0. The number of rotatable bonds is 17. The van der Waals surface area contributed by atoms with Gasteiger partial charge in [0.05, 0.1) is 13.0 Å². The predicted molar refractivity (Wildman–Crippen MR) is 197 cm³/mol. The number of amides is 2. The van der Waals surface area contributed by atoms with Gasteiger partial charge in [0.25, 0.3) is 0 Å². The number of benzene rings is 4. The van der Waals surface area contributed by atoms with Gasteiger partial charge in [0.15, 0.2) is 11.5 Å². The van der Waals surface area contributed by atoms with Crippen LogP contribution in [0.15, 0.2) is 109 Å². The van der Waals surface area contributed by atoms with Crippen molar-refractivity contribution in [3.63, 3.8) is 0 Å². The fraction of sp³-hybridized carbons (Fsp3) is 0.357. The first-order chi connectivity index (χ1) is 24.1. The van der Waals surface area contributed by atoms with Gasteiger partial charge >= 0.3 is 18.0 Å². The molecular weight excluding hydrogens is 628 g/mol. The predicted octanol–water partition coefficient (Wildman–Crippen LogP) is 8.34. The van der Waals surface area contributed by atoms with Gasteiger partial charge in [-0.05, 0) is 52.6 Å². The summed E-state index contributed by atoms with van der Waals surface area (Å²) in [6, 6.07) is 33.0. The molecule has 1 N–H and O–H groups in total. The molecule has 1 unspecified atom stereocenters. The van der Waals surface area contributed by atoms with Crippen LogP contribution in [-0.4, -0.2) is 49.1 Å². The molecule has 2 atom stereocenters. The van der Waals surface area contributed by atoms with Crippen molar-refractivity contribution in [2.24, 2.45) is 17.8 Å². The highest BCUT2D eigenvalue weighted by atomic mass is 16.6. The fourth-order valence-electron chi connectivity index (χ4n) is 5.62. The van der Waals surface area contributed by atoms with Crippen molar-refractivity contribution in [2.75, 3.05) is 20.2 Å². The summed E-state index contributed by atoms with van der Waals surface area (Å²) in [6.45, 7) is 8.80. The Morgan fingerprint density at radius 2 is 1.24 bits per heavy atom. The maximum atomic E-state index is 14.1. The molecule has 0 radical (unpaired) electrons. The number of hydrogen-bond donors (Lipinski definition) is 1. The Hall–Kier alpha value is -5.11. The Morgan fingerprint density at radius 3 is 1.86 bits per heavy atom. The molecule has 50 heavy (non-hydrogen) atoms. The standard InChI is InChI=1S/C42H50N2O6/c1-30(2)20-23-36(40(45)50-39-19-13-12-18-38(39)48-5)28-44(27-31(3)4)42(47)43-37(41(46)49-29-33-14-8-6-9-15-33)26-32-21-24-35(25-22-32)34-16-10-7-11-17-34/h6-19,21-22,24-25,30-31,36-37H,20,23,26-29H2,1-5H3,(H,43,47)/t36?,37-/m0/s1. The highest BCUT2D eigenvalue weighted by molar-refractivity contribution is 5.84. The van der Waals surface area contributed by atoms with E-state index in [1.165, 1.54) is 7.11 Å². The second-order valence-corrected chi connectivity index (χ2v) is 13.4. The van der Waals surface area contributed by atoms with Gasteiger partial charge in [-0.2, -0.15) is 0 Å². The van der Waals surface area contributed by atoms with Crippen LogP contribution in [0.3, 0.4) is 0 Å². The number of carbonyl (C=O) groups is 3. The molecule has 0 heterocycles. The molecule has 0 aliphatic heterocycles. The van der Waals surface area contributed by atoms with Gasteiger partial charge in [-0.1, -0.05) is 131 Å². The van der Waals surface area contributed by atoms with Gasteiger partial charge < -0.3 is 24.4 Å². The Labute approximate surface area is 296 Å². The number of carbonyl (C=O) groups excluding carboxylic acids is 3. The third kappa shape index (κ3) is 11.8. The minimum absolute atomic E-state index is 0.0841. The van der Waals surface area contributed by atoms with Crippen molar-refractivity contribution in [3.8, 4) is 22.6 Å². The van der Waals surface area contributed by atoms with Crippen LogP contribution in [0, 0.1) is 17.8 Å². The van der Waals surface area contributed by atoms with E-state index in [1.807, 2.05) is 98.8 Å². The van der Waals surface area contributed by atoms with E-state index in [1.54, 1.807) is 29.2 Å². The first-order valence-electron chi connectivity index (χ1n) is 17.4. The molecule has 4 aromatic carbocycles. The maximum Gasteiger partial charge on any atom is 0.329 e. The number of esters is 2. The van der Waals surface area contributed by atoms with E-state index in [-0.39, 0.29) is 25.5 Å². The Kier molecular flexibility index (Phi) is 14.5. The number of urea groups is 1. The molecule has 8 heteroatoms. The van der Waals surface area contributed by atoms with Crippen molar-refractivity contribution in [1.82, 2.24) is 10.2 Å². The third-order valence-electron chi connectivity index (χ3n) is 8.33. The Bertz CT molecular complexity index is 1640. The van der Waals surface area contributed by atoms with Gasteiger partial charge in [0.2, 0.25) is 0 Å². The molecular formula is C42H50N2O6. The summed E-state index contributed by atoms with van der Waals surface area (Å²) in [7, 11) is 1.52. The van der Waals surface area contributed by atoms with Crippen LogP contribution in [-0.2, 0) is 27.4 Å². The van der Waals surface area contributed by atoms with Crippen molar-refractivity contribution in [3.05, 3.63) is 120 Å². The van der Waals surface area contributed by atoms with Crippen LogP contribution >= 0.6 is 0 Å². The Morgan fingerprint density at radius 1 is 0.640 bits per heavy atom. The second-order valence-electron chi connectivity index (χ2n) is 13.4. The number of hydrogen-bond acceptors (Lipinski definition) is 6. The lowest BCUT2D eigenvalue weighted by molar-refractivity contribution is -0.147. The quantitative estimate of drug-likeness (QED) is 0.0892. The lowest BCUT2D eigenvalue weighted by Gasteiger charge is -2.30. The zero-order valence-corrected chi connectivity index (χ0v) is 29.8. The summed E-state index contributed by atoms with van der Waals surface area (Å²) in [6.07, 6.45) is 1.54. The van der Waals surface area contributed by atoms with E-state index in [0.29, 0.717) is 30.4 Å². The number of nitrogens with zero attached hydrogens (tertiary/aromatic N) is 1. The summed E-state index contributed by atoms with van der Waals surface area (Å²) in [5.74, 6) is -0.338. The molecule has 0 aliphatic carbocycles. The van der Waals surface area contributed by atoms with E-state index in [2.05, 4.69) is 19.2 Å². The molecule has 0 bridgehead atoms. The summed E-state index contributed by atoms with van der Waals surface area (Å²) in [5.41, 5.74) is 3.86. The van der Waals surface area contributed by atoms with Crippen molar-refractivity contribution < 1.29 is 28.6 Å². The molecule has 2 amide bonds.